The number of nitrogen functional groups attached to an aromatic ring is 1. The maximum Gasteiger partial charge on any atom is 0.179 e. The van der Waals surface area contributed by atoms with Crippen LogP contribution in [0.2, 0.25) is 0 Å². The van der Waals surface area contributed by atoms with E-state index in [4.69, 9.17) is 5.73 Å². The van der Waals surface area contributed by atoms with Crippen molar-refractivity contribution in [3.63, 3.8) is 0 Å². The number of aromatic hydroxyl groups is 1. The van der Waals surface area contributed by atoms with Crippen molar-refractivity contribution in [2.45, 2.75) is 203 Å². The highest BCUT2D eigenvalue weighted by atomic mass is 32.2. The standard InChI is InChI=1S/C59H93N7O8S3/c1-6-10-14-18-22-26-38-65(39-27-23-19-15-11-7-2)42-44-75(68,69)52-34-30-50(31-35-52)61-63-57-48(5)46-49-47-54(77(72,73)74)58(59(67)55(49)56(57)60)64-62-51-32-36-53(37-33-51)76(70,71)45-43-66(40-28-24-20-16-12-8-3)41-29-25-21-17-13-9-4/h30-37,46-47,67H,6-29,38-45,60H2,1-5H3,(H,72,73,74)/p-1. The molecule has 0 bridgehead atoms. The van der Waals surface area contributed by atoms with Crippen molar-refractivity contribution in [3.05, 3.63) is 66.2 Å². The lowest BCUT2D eigenvalue weighted by molar-refractivity contribution is 0.274. The highest BCUT2D eigenvalue weighted by molar-refractivity contribution is 7.91. The fourth-order valence-electron chi connectivity index (χ4n) is 9.63. The van der Waals surface area contributed by atoms with Gasteiger partial charge < -0.3 is 25.2 Å². The zero-order valence-corrected chi connectivity index (χ0v) is 49.6. The zero-order chi connectivity index (χ0) is 56.1. The van der Waals surface area contributed by atoms with Gasteiger partial charge in [-0.2, -0.15) is 10.2 Å². The summed E-state index contributed by atoms with van der Waals surface area (Å²) in [5.74, 6) is -0.777. The number of anilines is 1. The maximum atomic E-state index is 13.6. The zero-order valence-electron chi connectivity index (χ0n) is 47.2. The van der Waals surface area contributed by atoms with Crippen LogP contribution in [0.25, 0.3) is 10.8 Å². The molecule has 4 aromatic carbocycles. The lowest BCUT2D eigenvalue weighted by atomic mass is 10.0. The van der Waals surface area contributed by atoms with Crippen LogP contribution in [0.15, 0.2) is 95.8 Å². The number of hydrogen-bond donors (Lipinski definition) is 2. The van der Waals surface area contributed by atoms with Crippen molar-refractivity contribution in [2.24, 2.45) is 20.5 Å². The number of aryl methyl sites for hydroxylation is 1. The maximum absolute atomic E-state index is 13.6. The first kappa shape index (κ1) is 65.2. The molecule has 15 nitrogen and oxygen atoms in total. The Labute approximate surface area is 463 Å². The molecular weight excluding hydrogens is 1030 g/mol. The van der Waals surface area contributed by atoms with Gasteiger partial charge in [0, 0.05) is 13.1 Å². The van der Waals surface area contributed by atoms with Crippen molar-refractivity contribution in [1.29, 1.82) is 0 Å². The van der Waals surface area contributed by atoms with E-state index in [0.717, 1.165) is 83.6 Å². The molecule has 0 unspecified atom stereocenters. The lowest BCUT2D eigenvalue weighted by Gasteiger charge is -2.22. The summed E-state index contributed by atoms with van der Waals surface area (Å²) in [6, 6.07) is 14.4. The number of phenolic OH excluding ortho intramolecular Hbond substituents is 1. The van der Waals surface area contributed by atoms with Crippen molar-refractivity contribution >= 4 is 69.0 Å². The number of azo groups is 2. The average molecular weight is 1120 g/mol. The molecule has 0 aliphatic carbocycles. The molecule has 0 aliphatic rings. The number of sulfone groups is 2. The normalized spacial score (nSPS) is 12.7. The summed E-state index contributed by atoms with van der Waals surface area (Å²) < 4.78 is 92.1. The summed E-state index contributed by atoms with van der Waals surface area (Å²) in [4.78, 5) is 4.03. The molecule has 0 aromatic heterocycles. The van der Waals surface area contributed by atoms with E-state index in [2.05, 4.69) is 58.0 Å². The van der Waals surface area contributed by atoms with Gasteiger partial charge in [-0.1, -0.05) is 156 Å². The predicted molar refractivity (Wildman–Crippen MR) is 314 cm³/mol. The smallest absolute Gasteiger partial charge is 0.179 e. The van der Waals surface area contributed by atoms with Gasteiger partial charge in [0.1, 0.15) is 21.5 Å². The number of nitrogens with zero attached hydrogens (tertiary/aromatic N) is 6. The monoisotopic (exact) mass is 1120 g/mol. The molecule has 0 atom stereocenters. The number of nitrogens with two attached hydrogens (primary N) is 1. The van der Waals surface area contributed by atoms with Gasteiger partial charge in [-0.3, -0.25) is 0 Å². The molecule has 0 heterocycles. The van der Waals surface area contributed by atoms with Crippen LogP contribution in [0.1, 0.15) is 187 Å². The van der Waals surface area contributed by atoms with Gasteiger partial charge in [-0.15, -0.1) is 10.2 Å². The first-order valence-corrected chi connectivity index (χ1v) is 33.6. The number of fused-ring (bicyclic) bond motifs is 1. The summed E-state index contributed by atoms with van der Waals surface area (Å²) in [6.45, 7) is 14.8. The van der Waals surface area contributed by atoms with Crippen LogP contribution < -0.4 is 5.73 Å². The second kappa shape index (κ2) is 34.6. The van der Waals surface area contributed by atoms with E-state index < -0.39 is 46.1 Å². The third-order valence-electron chi connectivity index (χ3n) is 14.4. The first-order valence-electron chi connectivity index (χ1n) is 28.9. The van der Waals surface area contributed by atoms with Crippen LogP contribution in [0.3, 0.4) is 0 Å². The minimum Gasteiger partial charge on any atom is -0.744 e. The number of unbranched alkanes of at least 4 members (excludes halogenated alkanes) is 20. The van der Waals surface area contributed by atoms with Crippen LogP contribution >= 0.6 is 0 Å². The number of benzene rings is 4. The second-order valence-corrected chi connectivity index (χ2v) is 26.4. The summed E-state index contributed by atoms with van der Waals surface area (Å²) in [7, 11) is -12.5. The van der Waals surface area contributed by atoms with Gasteiger partial charge in [0.25, 0.3) is 0 Å². The quantitative estimate of drug-likeness (QED) is 0.0184. The summed E-state index contributed by atoms with van der Waals surface area (Å²) in [5, 5.41) is 28.5. The minimum atomic E-state index is -5.21. The number of phenols is 1. The van der Waals surface area contributed by atoms with Crippen molar-refractivity contribution < 1.29 is 34.9 Å². The van der Waals surface area contributed by atoms with Gasteiger partial charge in [-0.25, -0.2) is 25.3 Å². The van der Waals surface area contributed by atoms with Crippen molar-refractivity contribution in [2.75, 3.05) is 56.5 Å². The van der Waals surface area contributed by atoms with E-state index in [0.29, 0.717) is 24.3 Å². The lowest BCUT2D eigenvalue weighted by Crippen LogP contribution is -2.31. The molecule has 3 N–H and O–H groups in total. The number of hydrogen-bond acceptors (Lipinski definition) is 15. The van der Waals surface area contributed by atoms with Crippen molar-refractivity contribution in [3.8, 4) is 5.75 Å². The van der Waals surface area contributed by atoms with Crippen molar-refractivity contribution in [1.82, 2.24) is 9.80 Å². The number of rotatable bonds is 41. The van der Waals surface area contributed by atoms with E-state index >= 15 is 0 Å². The molecular formula is C59H92N7O8S3-. The molecule has 18 heteroatoms. The Morgan fingerprint density at radius 3 is 1.16 bits per heavy atom. The Hall–Kier alpha value is -4.33. The Balaban J connectivity index is 1.49. The minimum absolute atomic E-state index is 0.00135. The third kappa shape index (κ3) is 22.7. The Kier molecular flexibility index (Phi) is 29.3. The molecule has 0 radical (unpaired) electrons. The Bertz CT molecular complexity index is 2740. The highest BCUT2D eigenvalue weighted by Gasteiger charge is 2.23. The van der Waals surface area contributed by atoms with E-state index in [1.54, 1.807) is 19.1 Å². The molecule has 0 saturated carbocycles. The summed E-state index contributed by atoms with van der Waals surface area (Å²) in [6.07, 6.45) is 28.1. The molecule has 0 fully saturated rings. The fraction of sp³-hybridized carbons (Fsp3) is 0.627. The van der Waals surface area contributed by atoms with Crippen LogP contribution in [0.5, 0.6) is 5.75 Å². The highest BCUT2D eigenvalue weighted by Crippen LogP contribution is 2.47. The van der Waals surface area contributed by atoms with Crippen LogP contribution in [-0.2, 0) is 29.8 Å². The predicted octanol–water partition coefficient (Wildman–Crippen LogP) is 15.8. The Morgan fingerprint density at radius 1 is 0.468 bits per heavy atom. The van der Waals surface area contributed by atoms with Gasteiger partial charge in [-0.05, 0) is 130 Å². The van der Waals surface area contributed by atoms with E-state index in [1.165, 1.54) is 145 Å². The fourth-order valence-corrected chi connectivity index (χ4v) is 12.8. The van der Waals surface area contributed by atoms with E-state index in [1.807, 2.05) is 0 Å². The van der Waals surface area contributed by atoms with Gasteiger partial charge >= 0.3 is 0 Å². The molecule has 4 rings (SSSR count). The van der Waals surface area contributed by atoms with Gasteiger partial charge in [0.2, 0.25) is 0 Å². The van der Waals surface area contributed by atoms with E-state index in [-0.39, 0.29) is 49.1 Å². The van der Waals surface area contributed by atoms with Gasteiger partial charge in [0.05, 0.1) is 48.6 Å². The topological polar surface area (TPSA) is 228 Å². The molecule has 0 saturated heterocycles. The van der Waals surface area contributed by atoms with Crippen LogP contribution in [0, 0.1) is 6.92 Å². The van der Waals surface area contributed by atoms with Crippen LogP contribution in [0.4, 0.5) is 28.4 Å². The first-order chi connectivity index (χ1) is 36.9. The second-order valence-electron chi connectivity index (χ2n) is 20.9. The molecule has 0 aliphatic heterocycles. The van der Waals surface area contributed by atoms with Crippen LogP contribution in [-0.4, -0.2) is 95.5 Å². The largest absolute Gasteiger partial charge is 0.744 e. The molecule has 77 heavy (non-hydrogen) atoms. The molecule has 4 aromatic rings. The molecule has 430 valence electrons. The molecule has 0 amide bonds. The summed E-state index contributed by atoms with van der Waals surface area (Å²) in [5.41, 5.74) is 6.96. The summed E-state index contributed by atoms with van der Waals surface area (Å²) >= 11 is 0. The SMILES string of the molecule is CCCCCCCCN(CCCCCCCC)CCS(=O)(=O)c1ccc(N=Nc2c(C)cc3cc(S(=O)(=O)[O-])c(N=Nc4ccc(S(=O)(=O)CCN(CCCCCCCC)CCCCCCCC)cc4)c(O)c3c2N)cc1. The average Bonchev–Trinajstić information content (AvgIpc) is 3.41. The molecule has 0 spiro atoms. The van der Waals surface area contributed by atoms with Gasteiger partial charge in [0.15, 0.2) is 25.4 Å². The third-order valence-corrected chi connectivity index (χ3v) is 18.7. The Morgan fingerprint density at radius 2 is 0.805 bits per heavy atom. The van der Waals surface area contributed by atoms with E-state index in [9.17, 15) is 34.9 Å².